The lowest BCUT2D eigenvalue weighted by Gasteiger charge is -2.21. The monoisotopic (exact) mass is 326 g/mol. The number of carbonyl (C=O) groups is 1. The lowest BCUT2D eigenvalue weighted by molar-refractivity contribution is -0.130. The molecule has 0 fully saturated rings. The first kappa shape index (κ1) is 16.2. The van der Waals surface area contributed by atoms with Crippen molar-refractivity contribution in [2.24, 2.45) is 11.7 Å². The smallest absolute Gasteiger partial charge is 0.222 e. The fraction of sp³-hybridized carbons (Fsp3) is 0.533. The molecule has 0 aliphatic carbocycles. The van der Waals surface area contributed by atoms with Crippen LogP contribution >= 0.6 is 15.9 Å². The summed E-state index contributed by atoms with van der Waals surface area (Å²) in [6.45, 7) is 5.48. The number of benzene rings is 1. The largest absolute Gasteiger partial charge is 0.345 e. The van der Waals surface area contributed by atoms with Gasteiger partial charge in [0.1, 0.15) is 0 Å². The number of halogens is 1. The maximum atomic E-state index is 12.0. The third kappa shape index (κ3) is 5.33. The van der Waals surface area contributed by atoms with Crippen LogP contribution in [-0.4, -0.2) is 30.9 Å². The molecule has 0 radical (unpaired) electrons. The molecule has 2 N–H and O–H groups in total. The molecule has 0 spiro atoms. The van der Waals surface area contributed by atoms with Crippen LogP contribution in [0.15, 0.2) is 22.7 Å². The van der Waals surface area contributed by atoms with Crippen molar-refractivity contribution < 1.29 is 4.79 Å². The first-order valence-electron chi connectivity index (χ1n) is 6.63. The number of hydrogen-bond acceptors (Lipinski definition) is 2. The molecule has 1 unspecified atom stereocenters. The van der Waals surface area contributed by atoms with E-state index in [1.807, 2.05) is 13.1 Å². The summed E-state index contributed by atoms with van der Waals surface area (Å²) in [5, 5.41) is 0. The standard InChI is InChI=1S/C15H23BrN2O/c1-11(9-17)10-18(3)15(19)7-5-13-8-14(16)6-4-12(13)2/h4,6,8,11H,5,7,9-10,17H2,1-3H3. The van der Waals surface area contributed by atoms with E-state index in [9.17, 15) is 4.79 Å². The van der Waals surface area contributed by atoms with Gasteiger partial charge in [0.15, 0.2) is 0 Å². The average Bonchev–Trinajstić information content (AvgIpc) is 2.39. The lowest BCUT2D eigenvalue weighted by Crippen LogP contribution is -2.33. The maximum absolute atomic E-state index is 12.0. The zero-order valence-electron chi connectivity index (χ0n) is 11.9. The quantitative estimate of drug-likeness (QED) is 0.873. The molecule has 0 bridgehead atoms. The van der Waals surface area contributed by atoms with Crippen molar-refractivity contribution >= 4 is 21.8 Å². The Balaban J connectivity index is 2.52. The highest BCUT2D eigenvalue weighted by atomic mass is 79.9. The van der Waals surface area contributed by atoms with Gasteiger partial charge < -0.3 is 10.6 Å². The van der Waals surface area contributed by atoms with E-state index in [0.717, 1.165) is 17.4 Å². The molecule has 106 valence electrons. The minimum absolute atomic E-state index is 0.180. The number of hydrogen-bond donors (Lipinski definition) is 1. The normalized spacial score (nSPS) is 12.3. The highest BCUT2D eigenvalue weighted by Crippen LogP contribution is 2.17. The fourth-order valence-electron chi connectivity index (χ4n) is 1.99. The summed E-state index contributed by atoms with van der Waals surface area (Å²) >= 11 is 3.47. The highest BCUT2D eigenvalue weighted by Gasteiger charge is 2.12. The van der Waals surface area contributed by atoms with Crippen LogP contribution < -0.4 is 5.73 Å². The van der Waals surface area contributed by atoms with Crippen molar-refractivity contribution in [3.63, 3.8) is 0 Å². The van der Waals surface area contributed by atoms with Crippen LogP contribution in [-0.2, 0) is 11.2 Å². The Kier molecular flexibility index (Phi) is 6.52. The molecule has 3 nitrogen and oxygen atoms in total. The summed E-state index contributed by atoms with van der Waals surface area (Å²) in [7, 11) is 1.85. The van der Waals surface area contributed by atoms with E-state index in [1.165, 1.54) is 11.1 Å². The number of rotatable bonds is 6. The summed E-state index contributed by atoms with van der Waals surface area (Å²) in [4.78, 5) is 13.8. The minimum atomic E-state index is 0.180. The molecule has 1 atom stereocenters. The molecule has 0 aliphatic rings. The second-order valence-corrected chi connectivity index (χ2v) is 6.10. The average molecular weight is 327 g/mol. The fourth-order valence-corrected chi connectivity index (χ4v) is 2.39. The molecule has 0 aromatic heterocycles. The second-order valence-electron chi connectivity index (χ2n) is 5.19. The molecule has 1 aromatic carbocycles. The Morgan fingerprint density at radius 2 is 2.16 bits per heavy atom. The van der Waals surface area contributed by atoms with Gasteiger partial charge in [-0.15, -0.1) is 0 Å². The molecule has 0 saturated heterocycles. The third-order valence-corrected chi connectivity index (χ3v) is 3.83. The first-order valence-corrected chi connectivity index (χ1v) is 7.42. The zero-order chi connectivity index (χ0) is 14.4. The van der Waals surface area contributed by atoms with Gasteiger partial charge in [-0.1, -0.05) is 28.9 Å². The molecule has 0 saturated carbocycles. The second kappa shape index (κ2) is 7.65. The number of nitrogens with zero attached hydrogens (tertiary/aromatic N) is 1. The third-order valence-electron chi connectivity index (χ3n) is 3.33. The number of amides is 1. The Labute approximate surface area is 124 Å². The van der Waals surface area contributed by atoms with E-state index in [4.69, 9.17) is 5.73 Å². The lowest BCUT2D eigenvalue weighted by atomic mass is 10.0. The van der Waals surface area contributed by atoms with Gasteiger partial charge >= 0.3 is 0 Å². The van der Waals surface area contributed by atoms with Gasteiger partial charge in [0.25, 0.3) is 0 Å². The van der Waals surface area contributed by atoms with Gasteiger partial charge in [0, 0.05) is 24.5 Å². The van der Waals surface area contributed by atoms with Crippen LogP contribution in [0.5, 0.6) is 0 Å². The van der Waals surface area contributed by atoms with E-state index in [2.05, 4.69) is 41.9 Å². The van der Waals surface area contributed by atoms with E-state index in [1.54, 1.807) is 4.90 Å². The van der Waals surface area contributed by atoms with Crippen LogP contribution in [0.2, 0.25) is 0 Å². The topological polar surface area (TPSA) is 46.3 Å². The van der Waals surface area contributed by atoms with Crippen molar-refractivity contribution in [2.75, 3.05) is 20.1 Å². The highest BCUT2D eigenvalue weighted by molar-refractivity contribution is 9.10. The Hall–Kier alpha value is -0.870. The van der Waals surface area contributed by atoms with Crippen LogP contribution in [0.25, 0.3) is 0 Å². The van der Waals surface area contributed by atoms with Gasteiger partial charge in [0.2, 0.25) is 5.91 Å². The van der Waals surface area contributed by atoms with Crippen LogP contribution in [0, 0.1) is 12.8 Å². The molecule has 1 aromatic rings. The van der Waals surface area contributed by atoms with Crippen LogP contribution in [0.1, 0.15) is 24.5 Å². The van der Waals surface area contributed by atoms with E-state index < -0.39 is 0 Å². The van der Waals surface area contributed by atoms with Crippen LogP contribution in [0.3, 0.4) is 0 Å². The van der Waals surface area contributed by atoms with Crippen molar-refractivity contribution in [1.29, 1.82) is 0 Å². The molecule has 0 aliphatic heterocycles. The van der Waals surface area contributed by atoms with Gasteiger partial charge in [-0.05, 0) is 49.1 Å². The number of carbonyl (C=O) groups excluding carboxylic acids is 1. The van der Waals surface area contributed by atoms with Gasteiger partial charge in [0.05, 0.1) is 0 Å². The van der Waals surface area contributed by atoms with Crippen molar-refractivity contribution in [3.05, 3.63) is 33.8 Å². The predicted molar refractivity (Wildman–Crippen MR) is 83.1 cm³/mol. The van der Waals surface area contributed by atoms with Crippen molar-refractivity contribution in [2.45, 2.75) is 26.7 Å². The first-order chi connectivity index (χ1) is 8.93. The maximum Gasteiger partial charge on any atom is 0.222 e. The number of aryl methyl sites for hydroxylation is 2. The molecular weight excluding hydrogens is 304 g/mol. The Bertz CT molecular complexity index is 434. The zero-order valence-corrected chi connectivity index (χ0v) is 13.5. The molecule has 1 amide bonds. The van der Waals surface area contributed by atoms with Gasteiger partial charge in [-0.2, -0.15) is 0 Å². The predicted octanol–water partition coefficient (Wildman–Crippen LogP) is 2.74. The van der Waals surface area contributed by atoms with E-state index in [0.29, 0.717) is 18.9 Å². The minimum Gasteiger partial charge on any atom is -0.345 e. The molecular formula is C15H23BrN2O. The van der Waals surface area contributed by atoms with Gasteiger partial charge in [-0.3, -0.25) is 4.79 Å². The van der Waals surface area contributed by atoms with E-state index in [-0.39, 0.29) is 5.91 Å². The van der Waals surface area contributed by atoms with Crippen molar-refractivity contribution in [3.8, 4) is 0 Å². The SMILES string of the molecule is Cc1ccc(Br)cc1CCC(=O)N(C)CC(C)CN. The number of nitrogens with two attached hydrogens (primary N) is 1. The summed E-state index contributed by atoms with van der Waals surface area (Å²) in [6, 6.07) is 6.19. The Morgan fingerprint density at radius 3 is 2.79 bits per heavy atom. The Morgan fingerprint density at radius 1 is 1.47 bits per heavy atom. The summed E-state index contributed by atoms with van der Waals surface area (Å²) in [6.07, 6.45) is 1.33. The van der Waals surface area contributed by atoms with Crippen molar-refractivity contribution in [1.82, 2.24) is 4.90 Å². The van der Waals surface area contributed by atoms with Gasteiger partial charge in [-0.25, -0.2) is 0 Å². The molecule has 19 heavy (non-hydrogen) atoms. The summed E-state index contributed by atoms with van der Waals surface area (Å²) in [5.74, 6) is 0.529. The van der Waals surface area contributed by atoms with Crippen LogP contribution in [0.4, 0.5) is 0 Å². The summed E-state index contributed by atoms with van der Waals surface area (Å²) in [5.41, 5.74) is 8.03. The molecule has 0 heterocycles. The molecule has 1 rings (SSSR count). The summed E-state index contributed by atoms with van der Waals surface area (Å²) < 4.78 is 1.06. The molecule has 4 heteroatoms. The van der Waals surface area contributed by atoms with E-state index >= 15 is 0 Å².